The largest absolute Gasteiger partial charge is 0.270 e. The van der Waals surface area contributed by atoms with Gasteiger partial charge < -0.3 is 0 Å². The maximum Gasteiger partial charge on any atom is 0.270 e. The summed E-state index contributed by atoms with van der Waals surface area (Å²) >= 11 is 0. The molecule has 31 heavy (non-hydrogen) atoms. The van der Waals surface area contributed by atoms with Crippen molar-refractivity contribution in [3.05, 3.63) is 69.5 Å². The van der Waals surface area contributed by atoms with E-state index in [1.807, 2.05) is 22.9 Å². The number of benzene rings is 1. The lowest BCUT2D eigenvalue weighted by Gasteiger charge is -2.15. The van der Waals surface area contributed by atoms with Crippen LogP contribution in [0.3, 0.4) is 0 Å². The third-order valence-corrected chi connectivity index (χ3v) is 7.06. The fraction of sp³-hybridized carbons (Fsp3) is 0.333. The van der Waals surface area contributed by atoms with E-state index in [-0.39, 0.29) is 17.1 Å². The summed E-state index contributed by atoms with van der Waals surface area (Å²) in [5.41, 5.74) is 4.17. The topological polar surface area (TPSA) is 120 Å². The Morgan fingerprint density at radius 2 is 2.00 bits per heavy atom. The molecular weight excluding hydrogens is 418 g/mol. The number of nitro groups is 1. The van der Waals surface area contributed by atoms with Crippen LogP contribution in [0.2, 0.25) is 0 Å². The van der Waals surface area contributed by atoms with Crippen molar-refractivity contribution >= 4 is 15.7 Å². The number of pyridine rings is 1. The number of non-ortho nitro benzene ring substituents is 1. The van der Waals surface area contributed by atoms with Crippen LogP contribution < -0.4 is 4.72 Å². The summed E-state index contributed by atoms with van der Waals surface area (Å²) in [4.78, 5) is 14.8. The molecule has 0 atom stereocenters. The molecular formula is C21H23N5O4S. The van der Waals surface area contributed by atoms with Crippen LogP contribution in [0.25, 0.3) is 11.4 Å². The smallest absolute Gasteiger partial charge is 0.267 e. The van der Waals surface area contributed by atoms with Crippen LogP contribution in [0.4, 0.5) is 5.69 Å². The molecule has 0 saturated heterocycles. The Morgan fingerprint density at radius 1 is 1.19 bits per heavy atom. The summed E-state index contributed by atoms with van der Waals surface area (Å²) in [5.74, 6) is 0. The zero-order valence-corrected chi connectivity index (χ0v) is 17.9. The Labute approximate surface area is 180 Å². The van der Waals surface area contributed by atoms with Gasteiger partial charge in [0.25, 0.3) is 5.69 Å². The minimum Gasteiger partial charge on any atom is -0.267 e. The average Bonchev–Trinajstić information content (AvgIpc) is 3.13. The Kier molecular flexibility index (Phi) is 5.84. The third-order valence-electron chi connectivity index (χ3n) is 5.45. The standard InChI is InChI=1S/C21H23N5O4S/c1-15-9-10-16(26(27)28)14-20(15)31(29,30)23-12-13-25-19-8-3-2-6-17(19)21(24-25)18-7-4-5-11-22-18/h4-5,7,9-11,14,23H,2-3,6,8,12-13H2,1H3. The van der Waals surface area contributed by atoms with Crippen LogP contribution >= 0.6 is 0 Å². The van der Waals surface area contributed by atoms with Crippen molar-refractivity contribution in [3.8, 4) is 11.4 Å². The second-order valence-corrected chi connectivity index (χ2v) is 9.26. The van der Waals surface area contributed by atoms with Gasteiger partial charge in [-0.25, -0.2) is 13.1 Å². The first kappa shape index (κ1) is 21.1. The fourth-order valence-electron chi connectivity index (χ4n) is 3.92. The summed E-state index contributed by atoms with van der Waals surface area (Å²) in [5, 5.41) is 15.8. The summed E-state index contributed by atoms with van der Waals surface area (Å²) in [6, 6.07) is 9.53. The Balaban J connectivity index is 1.55. The number of sulfonamides is 1. The quantitative estimate of drug-likeness (QED) is 0.444. The zero-order chi connectivity index (χ0) is 22.0. The molecule has 0 radical (unpaired) electrons. The number of fused-ring (bicyclic) bond motifs is 1. The molecule has 9 nitrogen and oxygen atoms in total. The molecule has 1 aliphatic rings. The van der Waals surface area contributed by atoms with Gasteiger partial charge in [-0.2, -0.15) is 5.10 Å². The highest BCUT2D eigenvalue weighted by Gasteiger charge is 2.23. The van der Waals surface area contributed by atoms with Crippen molar-refractivity contribution < 1.29 is 13.3 Å². The number of hydrogen-bond donors (Lipinski definition) is 1. The minimum atomic E-state index is -3.89. The minimum absolute atomic E-state index is 0.0848. The van der Waals surface area contributed by atoms with Gasteiger partial charge in [0, 0.05) is 36.1 Å². The van der Waals surface area contributed by atoms with Crippen LogP contribution in [0, 0.1) is 17.0 Å². The van der Waals surface area contributed by atoms with Crippen molar-refractivity contribution in [2.75, 3.05) is 6.54 Å². The predicted octanol–water partition coefficient (Wildman–Crippen LogP) is 3.02. The van der Waals surface area contributed by atoms with Gasteiger partial charge in [0.05, 0.1) is 22.1 Å². The lowest BCUT2D eigenvalue weighted by Crippen LogP contribution is -2.29. The van der Waals surface area contributed by atoms with Gasteiger partial charge in [-0.1, -0.05) is 12.1 Å². The molecule has 162 valence electrons. The number of nitrogens with one attached hydrogen (secondary N) is 1. The molecule has 0 bridgehead atoms. The van der Waals surface area contributed by atoms with E-state index in [0.29, 0.717) is 12.1 Å². The molecule has 3 aromatic rings. The van der Waals surface area contributed by atoms with E-state index in [1.165, 1.54) is 17.7 Å². The highest BCUT2D eigenvalue weighted by molar-refractivity contribution is 7.89. The Morgan fingerprint density at radius 3 is 2.74 bits per heavy atom. The normalized spacial score (nSPS) is 13.7. The van der Waals surface area contributed by atoms with E-state index in [2.05, 4.69) is 9.71 Å². The van der Waals surface area contributed by atoms with Crippen molar-refractivity contribution in [2.45, 2.75) is 44.0 Å². The van der Waals surface area contributed by atoms with Gasteiger partial charge in [0.1, 0.15) is 5.69 Å². The van der Waals surface area contributed by atoms with E-state index < -0.39 is 14.9 Å². The SMILES string of the molecule is Cc1ccc([N+](=O)[O-])cc1S(=O)(=O)NCCn1nc(-c2ccccn2)c2c1CCCC2. The Bertz CT molecular complexity index is 1220. The lowest BCUT2D eigenvalue weighted by atomic mass is 9.95. The van der Waals surface area contributed by atoms with Gasteiger partial charge in [-0.3, -0.25) is 19.8 Å². The molecule has 0 unspecified atom stereocenters. The number of aromatic nitrogens is 3. The Hall–Kier alpha value is -3.11. The van der Waals surface area contributed by atoms with Crippen molar-refractivity contribution in [1.29, 1.82) is 0 Å². The molecule has 0 amide bonds. The molecule has 0 spiro atoms. The van der Waals surface area contributed by atoms with E-state index in [9.17, 15) is 18.5 Å². The average molecular weight is 442 g/mol. The van der Waals surface area contributed by atoms with Crippen LogP contribution in [0.5, 0.6) is 0 Å². The van der Waals surface area contributed by atoms with Gasteiger partial charge in [0.15, 0.2) is 0 Å². The van der Waals surface area contributed by atoms with Crippen LogP contribution in [-0.4, -0.2) is 34.7 Å². The molecule has 4 rings (SSSR count). The molecule has 0 fully saturated rings. The molecule has 1 aromatic carbocycles. The zero-order valence-electron chi connectivity index (χ0n) is 17.1. The van der Waals surface area contributed by atoms with E-state index in [1.54, 1.807) is 13.1 Å². The summed E-state index contributed by atoms with van der Waals surface area (Å²) < 4.78 is 29.9. The van der Waals surface area contributed by atoms with E-state index in [4.69, 9.17) is 5.10 Å². The van der Waals surface area contributed by atoms with Gasteiger partial charge in [-0.05, 0) is 50.3 Å². The first-order chi connectivity index (χ1) is 14.9. The lowest BCUT2D eigenvalue weighted by molar-refractivity contribution is -0.385. The summed E-state index contributed by atoms with van der Waals surface area (Å²) in [7, 11) is -3.89. The molecule has 0 aliphatic heterocycles. The second-order valence-electron chi connectivity index (χ2n) is 7.52. The predicted molar refractivity (Wildman–Crippen MR) is 115 cm³/mol. The molecule has 1 N–H and O–H groups in total. The van der Waals surface area contributed by atoms with Gasteiger partial charge >= 0.3 is 0 Å². The van der Waals surface area contributed by atoms with Crippen LogP contribution in [0.1, 0.15) is 29.7 Å². The molecule has 0 saturated carbocycles. The molecule has 10 heteroatoms. The van der Waals surface area contributed by atoms with Crippen LogP contribution in [0.15, 0.2) is 47.5 Å². The summed E-state index contributed by atoms with van der Waals surface area (Å²) in [6.07, 6.45) is 5.72. The fourth-order valence-corrected chi connectivity index (χ4v) is 5.20. The highest BCUT2D eigenvalue weighted by Crippen LogP contribution is 2.30. The first-order valence-electron chi connectivity index (χ1n) is 10.1. The molecule has 2 aromatic heterocycles. The maximum atomic E-state index is 12.8. The highest BCUT2D eigenvalue weighted by atomic mass is 32.2. The monoisotopic (exact) mass is 441 g/mol. The van der Waals surface area contributed by atoms with Crippen molar-refractivity contribution in [3.63, 3.8) is 0 Å². The first-order valence-corrected chi connectivity index (χ1v) is 11.6. The van der Waals surface area contributed by atoms with Crippen LogP contribution in [-0.2, 0) is 29.4 Å². The van der Waals surface area contributed by atoms with Crippen molar-refractivity contribution in [2.24, 2.45) is 0 Å². The third kappa shape index (κ3) is 4.35. The number of nitrogens with zero attached hydrogens (tertiary/aromatic N) is 4. The number of aryl methyl sites for hydroxylation is 1. The molecule has 2 heterocycles. The van der Waals surface area contributed by atoms with Gasteiger partial charge in [0.2, 0.25) is 10.0 Å². The maximum absolute atomic E-state index is 12.8. The summed E-state index contributed by atoms with van der Waals surface area (Å²) in [6.45, 7) is 2.10. The number of rotatable bonds is 7. The van der Waals surface area contributed by atoms with Gasteiger partial charge in [-0.15, -0.1) is 0 Å². The second kappa shape index (κ2) is 8.56. The number of nitro benzene ring substituents is 1. The number of hydrogen-bond acceptors (Lipinski definition) is 6. The van der Waals surface area contributed by atoms with Crippen molar-refractivity contribution in [1.82, 2.24) is 19.5 Å². The molecule has 1 aliphatic carbocycles. The van der Waals surface area contributed by atoms with E-state index in [0.717, 1.165) is 48.8 Å². The van der Waals surface area contributed by atoms with E-state index >= 15 is 0 Å².